The van der Waals surface area contributed by atoms with Crippen LogP contribution in [-0.2, 0) is 16.1 Å². The van der Waals surface area contributed by atoms with Gasteiger partial charge in [0.05, 0.1) is 0 Å². The van der Waals surface area contributed by atoms with Crippen molar-refractivity contribution in [3.63, 3.8) is 0 Å². The highest BCUT2D eigenvalue weighted by molar-refractivity contribution is 5.98. The third-order valence-corrected chi connectivity index (χ3v) is 8.97. The largest absolute Gasteiger partial charge is 0.370 e. The Balaban J connectivity index is 1.14. The Morgan fingerprint density at radius 1 is 0.800 bits per heavy atom. The topological polar surface area (TPSA) is 173 Å². The van der Waals surface area contributed by atoms with E-state index >= 15 is 0 Å². The minimum atomic E-state index is -0.426. The first-order valence-electron chi connectivity index (χ1n) is 13.9. The van der Waals surface area contributed by atoms with Crippen LogP contribution in [-0.4, -0.2) is 41.7 Å². The van der Waals surface area contributed by atoms with E-state index in [1.807, 2.05) is 53.4 Å². The van der Waals surface area contributed by atoms with Gasteiger partial charge in [0.2, 0.25) is 11.8 Å². The van der Waals surface area contributed by atoms with E-state index in [1.54, 1.807) is 0 Å². The second-order valence-electron chi connectivity index (χ2n) is 11.3. The van der Waals surface area contributed by atoms with Gasteiger partial charge in [0.1, 0.15) is 0 Å². The summed E-state index contributed by atoms with van der Waals surface area (Å²) in [5, 5.41) is 23.9. The Kier molecular flexibility index (Phi) is 7.51. The maximum absolute atomic E-state index is 13.4. The van der Waals surface area contributed by atoms with Gasteiger partial charge in [-0.25, -0.2) is 0 Å². The van der Waals surface area contributed by atoms with Crippen LogP contribution in [0.1, 0.15) is 56.1 Å². The molecule has 1 aliphatic heterocycles. The molecule has 10 heteroatoms. The number of carbonyl (C=O) groups excluding carboxylic acids is 2. The number of carbonyl (C=O) groups is 2. The fraction of sp³-hybridized carbons (Fsp3) is 0.400. The first-order chi connectivity index (χ1) is 19.2. The van der Waals surface area contributed by atoms with Gasteiger partial charge in [-0.1, -0.05) is 30.3 Å². The standard InChI is InChI=1S/C30H38N8O2/c31-27(32)35-19-20-1-5-23(6-2-20)36-25(39)29-11-14-30(15-12-29,16-13-29)26(40)37-24-7-3-21(4-8-24)22-9-17-38(18-10-22)28(33)34/h1-9H,10-19H2,(H3,33,34)(H,36,39)(H,37,40)(H4,31,32,35). The summed E-state index contributed by atoms with van der Waals surface area (Å²) in [5.41, 5.74) is 14.9. The molecule has 3 aliphatic carbocycles. The number of amides is 2. The second kappa shape index (κ2) is 11.0. The summed E-state index contributed by atoms with van der Waals surface area (Å²) >= 11 is 0. The molecule has 3 saturated carbocycles. The Morgan fingerprint density at radius 2 is 1.30 bits per heavy atom. The Morgan fingerprint density at radius 3 is 1.73 bits per heavy atom. The van der Waals surface area contributed by atoms with Gasteiger partial charge in [0.25, 0.3) is 0 Å². The molecule has 1 heterocycles. The lowest BCUT2D eigenvalue weighted by Crippen LogP contribution is -2.52. The average molecular weight is 543 g/mol. The van der Waals surface area contributed by atoms with Crippen LogP contribution in [0.3, 0.4) is 0 Å². The van der Waals surface area contributed by atoms with Crippen LogP contribution in [0.25, 0.3) is 5.57 Å². The number of rotatable bonds is 7. The van der Waals surface area contributed by atoms with E-state index in [9.17, 15) is 9.59 Å². The summed E-state index contributed by atoms with van der Waals surface area (Å²) < 4.78 is 0. The fourth-order valence-corrected chi connectivity index (χ4v) is 6.22. The second-order valence-corrected chi connectivity index (χ2v) is 11.3. The van der Waals surface area contributed by atoms with E-state index < -0.39 is 10.8 Å². The monoisotopic (exact) mass is 542 g/mol. The molecular weight excluding hydrogens is 504 g/mol. The number of fused-ring (bicyclic) bond motifs is 3. The molecule has 0 saturated heterocycles. The van der Waals surface area contributed by atoms with Gasteiger partial charge in [-0.15, -0.1) is 0 Å². The smallest absolute Gasteiger partial charge is 0.230 e. The molecule has 3 fully saturated rings. The van der Waals surface area contributed by atoms with Crippen LogP contribution in [0.15, 0.2) is 54.6 Å². The lowest BCUT2D eigenvalue weighted by Gasteiger charge is -2.51. The van der Waals surface area contributed by atoms with E-state index in [-0.39, 0.29) is 23.7 Å². The molecule has 0 unspecified atom stereocenters. The number of hydrogen-bond acceptors (Lipinski definition) is 4. The number of guanidine groups is 2. The SMILES string of the molecule is N=C(N)NCc1ccc(NC(=O)C23CCC(C(=O)Nc4ccc(C5=CCN(C(=N)N)CC5)cc4)(CC2)CC3)cc1. The lowest BCUT2D eigenvalue weighted by molar-refractivity contribution is -0.144. The summed E-state index contributed by atoms with van der Waals surface area (Å²) in [6.07, 6.45) is 7.17. The van der Waals surface area contributed by atoms with Crippen LogP contribution in [0.2, 0.25) is 0 Å². The highest BCUT2D eigenvalue weighted by Gasteiger charge is 2.55. The molecule has 2 aromatic rings. The zero-order chi connectivity index (χ0) is 28.3. The lowest BCUT2D eigenvalue weighted by atomic mass is 9.53. The van der Waals surface area contributed by atoms with E-state index in [4.69, 9.17) is 22.3 Å². The van der Waals surface area contributed by atoms with Gasteiger partial charge in [0.15, 0.2) is 11.9 Å². The van der Waals surface area contributed by atoms with E-state index in [0.717, 1.165) is 35.5 Å². The van der Waals surface area contributed by atoms with Crippen molar-refractivity contribution in [2.75, 3.05) is 23.7 Å². The van der Waals surface area contributed by atoms with Gasteiger partial charge in [-0.05, 0) is 85.9 Å². The maximum atomic E-state index is 13.4. The third kappa shape index (κ3) is 5.66. The Labute approximate surface area is 234 Å². The molecule has 0 atom stereocenters. The van der Waals surface area contributed by atoms with Crippen molar-refractivity contribution in [3.8, 4) is 0 Å². The normalized spacial score (nSPS) is 23.6. The van der Waals surface area contributed by atoms with Gasteiger partial charge in [-0.2, -0.15) is 0 Å². The molecule has 4 aliphatic rings. The Hall–Kier alpha value is -4.34. The number of hydrogen-bond donors (Lipinski definition) is 7. The van der Waals surface area contributed by atoms with Crippen molar-refractivity contribution >= 4 is 40.7 Å². The molecule has 9 N–H and O–H groups in total. The fourth-order valence-electron chi connectivity index (χ4n) is 6.22. The molecule has 2 aromatic carbocycles. The summed E-state index contributed by atoms with van der Waals surface area (Å²) in [7, 11) is 0. The van der Waals surface area contributed by atoms with E-state index in [0.29, 0.717) is 51.6 Å². The van der Waals surface area contributed by atoms with Crippen LogP contribution in [0.5, 0.6) is 0 Å². The molecule has 2 amide bonds. The van der Waals surface area contributed by atoms with E-state index in [1.165, 1.54) is 5.57 Å². The summed E-state index contributed by atoms with van der Waals surface area (Å²) in [4.78, 5) is 28.6. The minimum absolute atomic E-state index is 0.0369. The van der Waals surface area contributed by atoms with Crippen molar-refractivity contribution in [3.05, 3.63) is 65.7 Å². The molecule has 10 nitrogen and oxygen atoms in total. The molecule has 2 bridgehead atoms. The zero-order valence-electron chi connectivity index (χ0n) is 22.7. The Bertz CT molecular complexity index is 1310. The number of nitrogens with two attached hydrogens (primary N) is 2. The minimum Gasteiger partial charge on any atom is -0.370 e. The van der Waals surface area contributed by atoms with Crippen molar-refractivity contribution < 1.29 is 9.59 Å². The van der Waals surface area contributed by atoms with Gasteiger partial charge < -0.3 is 32.3 Å². The summed E-state index contributed by atoms with van der Waals surface area (Å²) in [6.45, 7) is 1.83. The van der Waals surface area contributed by atoms with Crippen LogP contribution in [0.4, 0.5) is 11.4 Å². The molecule has 40 heavy (non-hydrogen) atoms. The van der Waals surface area contributed by atoms with Gasteiger partial charge in [0, 0.05) is 41.8 Å². The van der Waals surface area contributed by atoms with Crippen molar-refractivity contribution in [2.45, 2.75) is 51.5 Å². The zero-order valence-corrected chi connectivity index (χ0v) is 22.7. The predicted molar refractivity (Wildman–Crippen MR) is 158 cm³/mol. The number of benzene rings is 2. The molecular formula is C30H38N8O2. The van der Waals surface area contributed by atoms with Crippen molar-refractivity contribution in [1.29, 1.82) is 10.8 Å². The van der Waals surface area contributed by atoms with Crippen LogP contribution >= 0.6 is 0 Å². The number of nitrogens with zero attached hydrogens (tertiary/aromatic N) is 1. The van der Waals surface area contributed by atoms with Crippen molar-refractivity contribution in [1.82, 2.24) is 10.2 Å². The molecule has 0 spiro atoms. The molecule has 6 rings (SSSR count). The predicted octanol–water partition coefficient (Wildman–Crippen LogP) is 3.57. The highest BCUT2D eigenvalue weighted by Crippen LogP contribution is 2.57. The van der Waals surface area contributed by atoms with Gasteiger partial charge in [-0.3, -0.25) is 20.4 Å². The number of anilines is 2. The molecule has 0 radical (unpaired) electrons. The van der Waals surface area contributed by atoms with Crippen molar-refractivity contribution in [2.24, 2.45) is 22.3 Å². The first-order valence-corrected chi connectivity index (χ1v) is 13.9. The van der Waals surface area contributed by atoms with E-state index in [2.05, 4.69) is 22.0 Å². The maximum Gasteiger partial charge on any atom is 0.230 e. The average Bonchev–Trinajstić information content (AvgIpc) is 2.98. The summed E-state index contributed by atoms with van der Waals surface area (Å²) in [6, 6.07) is 15.5. The highest BCUT2D eigenvalue weighted by atomic mass is 16.2. The molecule has 210 valence electrons. The van der Waals surface area contributed by atoms with Crippen LogP contribution < -0.4 is 27.4 Å². The summed E-state index contributed by atoms with van der Waals surface area (Å²) in [5.74, 6) is 0.111. The quantitative estimate of drug-likeness (QED) is 0.208. The van der Waals surface area contributed by atoms with Crippen LogP contribution in [0, 0.1) is 21.6 Å². The van der Waals surface area contributed by atoms with Gasteiger partial charge >= 0.3 is 0 Å². The number of nitrogens with one attached hydrogen (secondary N) is 5. The first kappa shape index (κ1) is 27.2. The molecule has 0 aromatic heterocycles. The third-order valence-electron chi connectivity index (χ3n) is 8.97.